The fraction of sp³-hybridized carbons (Fsp3) is 0.364. The second-order valence-corrected chi connectivity index (χ2v) is 6.69. The van der Waals surface area contributed by atoms with Gasteiger partial charge >= 0.3 is 5.97 Å². The van der Waals surface area contributed by atoms with Crippen LogP contribution in [-0.2, 0) is 4.79 Å². The van der Waals surface area contributed by atoms with Crippen molar-refractivity contribution in [2.45, 2.75) is 11.4 Å². The van der Waals surface area contributed by atoms with Crippen LogP contribution in [0.2, 0.25) is 0 Å². The van der Waals surface area contributed by atoms with Crippen LogP contribution >= 0.6 is 43.6 Å². The third-order valence-electron chi connectivity index (χ3n) is 2.75. The number of halogens is 2. The molecule has 1 aliphatic heterocycles. The second-order valence-electron chi connectivity index (χ2n) is 3.91. The van der Waals surface area contributed by atoms with Crippen molar-refractivity contribution in [3.8, 4) is 11.5 Å². The normalized spacial score (nSPS) is 22.5. The summed E-state index contributed by atoms with van der Waals surface area (Å²) in [4.78, 5) is 11.0. The maximum atomic E-state index is 11.0. The van der Waals surface area contributed by atoms with Crippen molar-refractivity contribution in [3.05, 3.63) is 20.6 Å². The van der Waals surface area contributed by atoms with E-state index in [0.29, 0.717) is 21.5 Å². The number of nitrogens with one attached hydrogen (secondary N) is 1. The summed E-state index contributed by atoms with van der Waals surface area (Å²) in [6, 6.07) is 1.03. The highest BCUT2D eigenvalue weighted by Crippen LogP contribution is 2.48. The molecule has 19 heavy (non-hydrogen) atoms. The lowest BCUT2D eigenvalue weighted by molar-refractivity contribution is -0.138. The predicted octanol–water partition coefficient (Wildman–Crippen LogP) is 2.71. The van der Waals surface area contributed by atoms with Crippen molar-refractivity contribution in [2.75, 3.05) is 12.9 Å². The van der Waals surface area contributed by atoms with E-state index < -0.39 is 12.0 Å². The van der Waals surface area contributed by atoms with E-state index in [1.165, 1.54) is 18.9 Å². The van der Waals surface area contributed by atoms with Gasteiger partial charge in [-0.2, -0.15) is 0 Å². The number of aliphatic carboxylic acids is 1. The van der Waals surface area contributed by atoms with Gasteiger partial charge in [-0.25, -0.2) is 0 Å². The van der Waals surface area contributed by atoms with Gasteiger partial charge in [0.15, 0.2) is 11.5 Å². The monoisotopic (exact) mass is 411 g/mol. The Balaban J connectivity index is 2.40. The minimum absolute atomic E-state index is 0.00798. The van der Waals surface area contributed by atoms with Crippen molar-refractivity contribution in [3.63, 3.8) is 0 Å². The third kappa shape index (κ3) is 2.86. The highest BCUT2D eigenvalue weighted by molar-refractivity contribution is 9.13. The number of phenolic OH excluding ortho intramolecular Hbond substituents is 1. The van der Waals surface area contributed by atoms with E-state index in [1.807, 2.05) is 0 Å². The van der Waals surface area contributed by atoms with Crippen LogP contribution in [0.1, 0.15) is 10.9 Å². The van der Waals surface area contributed by atoms with E-state index in [0.717, 1.165) is 4.47 Å². The van der Waals surface area contributed by atoms with Gasteiger partial charge in [-0.05, 0) is 37.9 Å². The van der Waals surface area contributed by atoms with Crippen molar-refractivity contribution < 1.29 is 19.7 Å². The van der Waals surface area contributed by atoms with Crippen molar-refractivity contribution in [1.29, 1.82) is 0 Å². The second kappa shape index (κ2) is 5.90. The first kappa shape index (κ1) is 15.0. The molecule has 0 spiro atoms. The van der Waals surface area contributed by atoms with Crippen LogP contribution in [-0.4, -0.2) is 35.1 Å². The van der Waals surface area contributed by atoms with E-state index in [2.05, 4.69) is 37.2 Å². The molecule has 0 aliphatic carbocycles. The van der Waals surface area contributed by atoms with Gasteiger partial charge in [0, 0.05) is 20.3 Å². The zero-order valence-electron chi connectivity index (χ0n) is 9.81. The summed E-state index contributed by atoms with van der Waals surface area (Å²) in [6.07, 6.45) is 0. The molecule has 3 N–H and O–H groups in total. The molecule has 0 bridgehead atoms. The lowest BCUT2D eigenvalue weighted by atomic mass is 10.1. The SMILES string of the molecule is COc1cc(Br)c(Br)c(C2NC(C(=O)O)CS2)c1O. The molecule has 2 atom stereocenters. The average Bonchev–Trinajstić information content (AvgIpc) is 2.83. The molecule has 2 rings (SSSR count). The lowest BCUT2D eigenvalue weighted by Gasteiger charge is -2.18. The zero-order chi connectivity index (χ0) is 14.2. The molecule has 5 nitrogen and oxygen atoms in total. The molecule has 1 saturated heterocycles. The minimum atomic E-state index is -0.896. The van der Waals surface area contributed by atoms with Gasteiger partial charge in [0.25, 0.3) is 0 Å². The molecule has 0 saturated carbocycles. The Morgan fingerprint density at radius 3 is 2.79 bits per heavy atom. The molecule has 0 aromatic heterocycles. The standard InChI is InChI=1S/C11H11Br2NO4S/c1-18-6-2-4(12)8(13)7(9(6)15)10-14-5(3-19-10)11(16)17/h2,5,10,14-15H,3H2,1H3,(H,16,17). The number of aromatic hydroxyl groups is 1. The van der Waals surface area contributed by atoms with Gasteiger partial charge in [-0.1, -0.05) is 0 Å². The summed E-state index contributed by atoms with van der Waals surface area (Å²) in [5.41, 5.74) is 0.583. The smallest absolute Gasteiger partial charge is 0.321 e. The molecule has 2 unspecified atom stereocenters. The van der Waals surface area contributed by atoms with E-state index in [9.17, 15) is 9.90 Å². The molecule has 1 fully saturated rings. The van der Waals surface area contributed by atoms with Crippen LogP contribution in [0.3, 0.4) is 0 Å². The van der Waals surface area contributed by atoms with Crippen LogP contribution in [0.5, 0.6) is 11.5 Å². The molecule has 1 heterocycles. The molecular weight excluding hydrogens is 402 g/mol. The van der Waals surface area contributed by atoms with Gasteiger partial charge in [-0.15, -0.1) is 11.8 Å². The highest BCUT2D eigenvalue weighted by Gasteiger charge is 2.34. The maximum Gasteiger partial charge on any atom is 0.321 e. The van der Waals surface area contributed by atoms with Crippen LogP contribution < -0.4 is 10.1 Å². The summed E-state index contributed by atoms with van der Waals surface area (Å²) in [7, 11) is 1.47. The van der Waals surface area contributed by atoms with Crippen molar-refractivity contribution in [1.82, 2.24) is 5.32 Å². The number of carboxylic acids is 1. The number of phenols is 1. The average molecular weight is 413 g/mol. The van der Waals surface area contributed by atoms with Gasteiger partial charge in [0.1, 0.15) is 6.04 Å². The first-order valence-electron chi connectivity index (χ1n) is 5.31. The molecular formula is C11H11Br2NO4S. The molecule has 1 aromatic rings. The van der Waals surface area contributed by atoms with Crippen LogP contribution in [0.4, 0.5) is 0 Å². The summed E-state index contributed by atoms with van der Waals surface area (Å²) in [5.74, 6) is -0.104. The summed E-state index contributed by atoms with van der Waals surface area (Å²) in [5, 5.41) is 21.9. The number of carboxylic acid groups (broad SMARTS) is 1. The fourth-order valence-corrected chi connectivity index (χ4v) is 4.17. The summed E-state index contributed by atoms with van der Waals surface area (Å²) >= 11 is 8.20. The van der Waals surface area contributed by atoms with Gasteiger partial charge in [-0.3, -0.25) is 10.1 Å². The zero-order valence-corrected chi connectivity index (χ0v) is 13.8. The largest absolute Gasteiger partial charge is 0.504 e. The molecule has 104 valence electrons. The van der Waals surface area contributed by atoms with Crippen LogP contribution in [0, 0.1) is 0 Å². The number of rotatable bonds is 3. The number of methoxy groups -OCH3 is 1. The minimum Gasteiger partial charge on any atom is -0.504 e. The maximum absolute atomic E-state index is 11.0. The third-order valence-corrected chi connectivity index (χ3v) is 6.00. The quantitative estimate of drug-likeness (QED) is 0.708. The number of ether oxygens (including phenoxy) is 1. The fourth-order valence-electron chi connectivity index (χ4n) is 1.79. The summed E-state index contributed by atoms with van der Waals surface area (Å²) in [6.45, 7) is 0. The van der Waals surface area contributed by atoms with Crippen molar-refractivity contribution >= 4 is 49.6 Å². The number of carbonyl (C=O) groups is 1. The predicted molar refractivity (Wildman–Crippen MR) is 79.8 cm³/mol. The van der Waals surface area contributed by atoms with Gasteiger partial charge in [0.05, 0.1) is 12.5 Å². The summed E-state index contributed by atoms with van der Waals surface area (Å²) < 4.78 is 6.52. The van der Waals surface area contributed by atoms with E-state index in [-0.39, 0.29) is 11.1 Å². The number of benzene rings is 1. The number of thioether (sulfide) groups is 1. The number of hydrogen-bond acceptors (Lipinski definition) is 5. The Hall–Kier alpha value is -0.440. The first-order chi connectivity index (χ1) is 8.95. The molecule has 1 aliphatic rings. The Kier molecular flexibility index (Phi) is 4.65. The first-order valence-corrected chi connectivity index (χ1v) is 7.94. The van der Waals surface area contributed by atoms with E-state index in [4.69, 9.17) is 9.84 Å². The lowest BCUT2D eigenvalue weighted by Crippen LogP contribution is -2.33. The van der Waals surface area contributed by atoms with E-state index >= 15 is 0 Å². The van der Waals surface area contributed by atoms with Gasteiger partial charge in [0.2, 0.25) is 0 Å². The molecule has 1 aromatic carbocycles. The Morgan fingerprint density at radius 1 is 1.58 bits per heavy atom. The molecule has 8 heteroatoms. The number of hydrogen-bond donors (Lipinski definition) is 3. The van der Waals surface area contributed by atoms with Crippen molar-refractivity contribution in [2.24, 2.45) is 0 Å². The Labute approximate surface area is 131 Å². The van der Waals surface area contributed by atoms with Crippen LogP contribution in [0.25, 0.3) is 0 Å². The Morgan fingerprint density at radius 2 is 2.26 bits per heavy atom. The highest BCUT2D eigenvalue weighted by atomic mass is 79.9. The van der Waals surface area contributed by atoms with Gasteiger partial charge < -0.3 is 14.9 Å². The molecule has 0 amide bonds. The van der Waals surface area contributed by atoms with Crippen LogP contribution in [0.15, 0.2) is 15.0 Å². The Bertz CT molecular complexity index is 526. The van der Waals surface area contributed by atoms with E-state index in [1.54, 1.807) is 6.07 Å². The molecule has 0 radical (unpaired) electrons. The topological polar surface area (TPSA) is 78.8 Å².